The number of amides is 1. The molecular formula is C11H24N2O3. The lowest BCUT2D eigenvalue weighted by atomic mass is 10.1. The molecule has 0 aliphatic rings. The highest BCUT2D eigenvalue weighted by atomic mass is 16.5. The van der Waals surface area contributed by atoms with Crippen LogP contribution in [0.4, 0.5) is 0 Å². The second-order valence-electron chi connectivity index (χ2n) is 4.16. The highest BCUT2D eigenvalue weighted by Crippen LogP contribution is 1.98. The number of hydrogen-bond donors (Lipinski definition) is 3. The Labute approximate surface area is 97.6 Å². The molecule has 0 aliphatic heterocycles. The molecule has 5 nitrogen and oxygen atoms in total. The van der Waals surface area contributed by atoms with E-state index in [1.165, 1.54) is 0 Å². The van der Waals surface area contributed by atoms with Crippen LogP contribution in [0.2, 0.25) is 0 Å². The van der Waals surface area contributed by atoms with E-state index in [0.717, 1.165) is 0 Å². The molecule has 0 aromatic carbocycles. The molecule has 0 aromatic heterocycles. The van der Waals surface area contributed by atoms with Crippen LogP contribution in [0.25, 0.3) is 0 Å². The molecule has 3 unspecified atom stereocenters. The number of nitrogens with one attached hydrogen (secondary N) is 2. The minimum Gasteiger partial charge on any atom is -0.393 e. The van der Waals surface area contributed by atoms with Crippen molar-refractivity contribution in [2.45, 2.75) is 45.4 Å². The number of aliphatic hydroxyl groups excluding tert-OH is 1. The molecule has 3 N–H and O–H groups in total. The molecule has 16 heavy (non-hydrogen) atoms. The van der Waals surface area contributed by atoms with E-state index >= 15 is 0 Å². The van der Waals surface area contributed by atoms with E-state index in [-0.39, 0.29) is 24.1 Å². The molecule has 96 valence electrons. The van der Waals surface area contributed by atoms with Crippen molar-refractivity contribution in [3.05, 3.63) is 0 Å². The Balaban J connectivity index is 3.77. The summed E-state index contributed by atoms with van der Waals surface area (Å²) >= 11 is 0. The molecule has 0 saturated heterocycles. The zero-order chi connectivity index (χ0) is 12.6. The van der Waals surface area contributed by atoms with Crippen LogP contribution in [-0.4, -0.2) is 49.5 Å². The summed E-state index contributed by atoms with van der Waals surface area (Å²) in [4.78, 5) is 11.5. The molecule has 0 aliphatic carbocycles. The summed E-state index contributed by atoms with van der Waals surface area (Å²) < 4.78 is 4.84. The van der Waals surface area contributed by atoms with Gasteiger partial charge in [0.2, 0.25) is 5.91 Å². The Bertz CT molecular complexity index is 198. The van der Waals surface area contributed by atoms with Crippen LogP contribution < -0.4 is 10.6 Å². The van der Waals surface area contributed by atoms with Gasteiger partial charge in [-0.05, 0) is 27.2 Å². The van der Waals surface area contributed by atoms with Gasteiger partial charge in [0.15, 0.2) is 0 Å². The summed E-state index contributed by atoms with van der Waals surface area (Å²) in [7, 11) is 1.60. The zero-order valence-electron chi connectivity index (χ0n) is 10.6. The van der Waals surface area contributed by atoms with Gasteiger partial charge in [-0.3, -0.25) is 4.79 Å². The second kappa shape index (κ2) is 8.50. The average molecular weight is 232 g/mol. The maximum atomic E-state index is 11.5. The molecule has 0 aromatic rings. The van der Waals surface area contributed by atoms with Gasteiger partial charge in [-0.25, -0.2) is 0 Å². The van der Waals surface area contributed by atoms with Crippen LogP contribution in [0, 0.1) is 0 Å². The van der Waals surface area contributed by atoms with E-state index < -0.39 is 0 Å². The summed E-state index contributed by atoms with van der Waals surface area (Å²) in [6.07, 6.45) is 0.279. The van der Waals surface area contributed by atoms with Crippen LogP contribution in [0.5, 0.6) is 0 Å². The first-order chi connectivity index (χ1) is 7.47. The standard InChI is InChI=1S/C11H24N2O3/c1-8(7-9(2)14)13-10(3)11(15)12-5-6-16-4/h8-10,13-14H,5-7H2,1-4H3,(H,12,15). The highest BCUT2D eigenvalue weighted by Gasteiger charge is 2.15. The lowest BCUT2D eigenvalue weighted by molar-refractivity contribution is -0.123. The molecule has 3 atom stereocenters. The van der Waals surface area contributed by atoms with Gasteiger partial charge in [0.1, 0.15) is 0 Å². The number of carbonyl (C=O) groups excluding carboxylic acids is 1. The topological polar surface area (TPSA) is 70.6 Å². The lowest BCUT2D eigenvalue weighted by Crippen LogP contribution is -2.47. The van der Waals surface area contributed by atoms with E-state index in [9.17, 15) is 9.90 Å². The Morgan fingerprint density at radius 1 is 1.38 bits per heavy atom. The first-order valence-corrected chi connectivity index (χ1v) is 5.68. The van der Waals surface area contributed by atoms with Crippen LogP contribution >= 0.6 is 0 Å². The third-order valence-electron chi connectivity index (χ3n) is 2.23. The molecule has 0 fully saturated rings. The van der Waals surface area contributed by atoms with Crippen LogP contribution in [0.1, 0.15) is 27.2 Å². The van der Waals surface area contributed by atoms with Crippen LogP contribution in [-0.2, 0) is 9.53 Å². The fourth-order valence-electron chi connectivity index (χ4n) is 1.51. The van der Waals surface area contributed by atoms with Crippen molar-refractivity contribution in [1.29, 1.82) is 0 Å². The maximum absolute atomic E-state index is 11.5. The van der Waals surface area contributed by atoms with Crippen molar-refractivity contribution < 1.29 is 14.6 Å². The van der Waals surface area contributed by atoms with Crippen molar-refractivity contribution in [3.63, 3.8) is 0 Å². The Morgan fingerprint density at radius 3 is 2.50 bits per heavy atom. The SMILES string of the molecule is COCCNC(=O)C(C)NC(C)CC(C)O. The molecule has 0 radical (unpaired) electrons. The summed E-state index contributed by atoms with van der Waals surface area (Å²) in [6, 6.07) is -0.145. The fraction of sp³-hybridized carbons (Fsp3) is 0.909. The lowest BCUT2D eigenvalue weighted by Gasteiger charge is -2.20. The minimum atomic E-state index is -0.355. The van der Waals surface area contributed by atoms with Gasteiger partial charge in [0.25, 0.3) is 0 Å². The first-order valence-electron chi connectivity index (χ1n) is 5.68. The quantitative estimate of drug-likeness (QED) is 0.511. The predicted molar refractivity (Wildman–Crippen MR) is 63.2 cm³/mol. The highest BCUT2D eigenvalue weighted by molar-refractivity contribution is 5.81. The van der Waals surface area contributed by atoms with Gasteiger partial charge in [-0.15, -0.1) is 0 Å². The Morgan fingerprint density at radius 2 is 2.00 bits per heavy atom. The van der Waals surface area contributed by atoms with Gasteiger partial charge in [-0.1, -0.05) is 0 Å². The van der Waals surface area contributed by atoms with Crippen LogP contribution in [0.3, 0.4) is 0 Å². The number of carbonyl (C=O) groups is 1. The van der Waals surface area contributed by atoms with Crippen molar-refractivity contribution >= 4 is 5.91 Å². The minimum absolute atomic E-state index is 0.0468. The molecular weight excluding hydrogens is 208 g/mol. The molecule has 5 heteroatoms. The predicted octanol–water partition coefficient (Wildman–Crippen LogP) is -0.113. The van der Waals surface area contributed by atoms with Crippen LogP contribution in [0.15, 0.2) is 0 Å². The van der Waals surface area contributed by atoms with E-state index in [1.807, 2.05) is 6.92 Å². The molecule has 0 spiro atoms. The molecule has 1 amide bonds. The summed E-state index contributed by atoms with van der Waals surface area (Å²) in [5.41, 5.74) is 0. The number of ether oxygens (including phenoxy) is 1. The van der Waals surface area contributed by atoms with E-state index in [2.05, 4.69) is 10.6 Å². The monoisotopic (exact) mass is 232 g/mol. The first kappa shape index (κ1) is 15.3. The Kier molecular flexibility index (Phi) is 8.15. The fourth-order valence-corrected chi connectivity index (χ4v) is 1.51. The number of rotatable bonds is 8. The van der Waals surface area contributed by atoms with Gasteiger partial charge < -0.3 is 20.5 Å². The van der Waals surface area contributed by atoms with Gasteiger partial charge in [-0.2, -0.15) is 0 Å². The van der Waals surface area contributed by atoms with Crippen molar-refractivity contribution in [1.82, 2.24) is 10.6 Å². The van der Waals surface area contributed by atoms with Crippen molar-refractivity contribution in [2.75, 3.05) is 20.3 Å². The molecule has 0 rings (SSSR count). The second-order valence-corrected chi connectivity index (χ2v) is 4.16. The molecule has 0 heterocycles. The maximum Gasteiger partial charge on any atom is 0.236 e. The molecule has 0 bridgehead atoms. The number of hydrogen-bond acceptors (Lipinski definition) is 4. The zero-order valence-corrected chi connectivity index (χ0v) is 10.6. The van der Waals surface area contributed by atoms with Gasteiger partial charge in [0, 0.05) is 19.7 Å². The summed E-state index contributed by atoms with van der Waals surface area (Å²) in [5.74, 6) is -0.0468. The average Bonchev–Trinajstić information content (AvgIpc) is 2.16. The van der Waals surface area contributed by atoms with E-state index in [1.54, 1.807) is 21.0 Å². The third kappa shape index (κ3) is 7.62. The van der Waals surface area contributed by atoms with E-state index in [0.29, 0.717) is 19.6 Å². The van der Waals surface area contributed by atoms with Gasteiger partial charge in [0.05, 0.1) is 18.8 Å². The molecule has 0 saturated carbocycles. The largest absolute Gasteiger partial charge is 0.393 e. The summed E-state index contributed by atoms with van der Waals surface area (Å²) in [5, 5.41) is 15.1. The summed E-state index contributed by atoms with van der Waals surface area (Å²) in [6.45, 7) is 6.53. The third-order valence-corrected chi connectivity index (χ3v) is 2.23. The number of methoxy groups -OCH3 is 1. The van der Waals surface area contributed by atoms with Crippen molar-refractivity contribution in [2.24, 2.45) is 0 Å². The number of aliphatic hydroxyl groups is 1. The van der Waals surface area contributed by atoms with Crippen molar-refractivity contribution in [3.8, 4) is 0 Å². The van der Waals surface area contributed by atoms with Gasteiger partial charge >= 0.3 is 0 Å². The Hall–Kier alpha value is -0.650. The smallest absolute Gasteiger partial charge is 0.236 e. The van der Waals surface area contributed by atoms with E-state index in [4.69, 9.17) is 4.74 Å². The normalized spacial score (nSPS) is 16.6.